The number of carbonyl (C=O) groups excluding carboxylic acids is 1. The zero-order valence-electron chi connectivity index (χ0n) is 17.1. The number of hydrogen-bond donors (Lipinski definition) is 1. The van der Waals surface area contributed by atoms with Crippen LogP contribution >= 0.6 is 0 Å². The van der Waals surface area contributed by atoms with Crippen molar-refractivity contribution in [1.29, 1.82) is 0 Å². The van der Waals surface area contributed by atoms with Gasteiger partial charge in [-0.15, -0.1) is 0 Å². The Morgan fingerprint density at radius 2 is 1.72 bits per heavy atom. The summed E-state index contributed by atoms with van der Waals surface area (Å²) < 4.78 is 1.79. The lowest BCUT2D eigenvalue weighted by molar-refractivity contribution is 0.102. The number of carbonyl (C=O) groups is 1. The Bertz CT molecular complexity index is 1180. The topological polar surface area (TPSA) is 59.3 Å². The minimum atomic E-state index is -0.183. The van der Waals surface area contributed by atoms with Crippen LogP contribution in [0.3, 0.4) is 0 Å². The SMILES string of the molecule is Cc1ccccc1-c1cc(NC(=O)c2ccc(C(C)(C)C)cc2)nc2ccnn12. The first-order chi connectivity index (χ1) is 13.8. The Balaban J connectivity index is 1.68. The highest BCUT2D eigenvalue weighted by Crippen LogP contribution is 2.26. The van der Waals surface area contributed by atoms with Crippen molar-refractivity contribution in [3.8, 4) is 11.3 Å². The summed E-state index contributed by atoms with van der Waals surface area (Å²) in [7, 11) is 0. The number of anilines is 1. The van der Waals surface area contributed by atoms with Gasteiger partial charge in [0.2, 0.25) is 0 Å². The van der Waals surface area contributed by atoms with Gasteiger partial charge < -0.3 is 5.32 Å². The molecule has 5 nitrogen and oxygen atoms in total. The average molecular weight is 384 g/mol. The van der Waals surface area contributed by atoms with E-state index in [4.69, 9.17) is 0 Å². The van der Waals surface area contributed by atoms with E-state index in [1.807, 2.05) is 54.6 Å². The van der Waals surface area contributed by atoms with Crippen molar-refractivity contribution in [2.24, 2.45) is 0 Å². The molecule has 0 bridgehead atoms. The summed E-state index contributed by atoms with van der Waals surface area (Å²) in [4.78, 5) is 17.3. The molecule has 0 aliphatic rings. The number of nitrogens with zero attached hydrogens (tertiary/aromatic N) is 3. The second kappa shape index (κ2) is 7.17. The summed E-state index contributed by atoms with van der Waals surface area (Å²) in [6, 6.07) is 19.5. The standard InChI is InChI=1S/C24H24N4O/c1-16-7-5-6-8-19(16)20-15-21(26-22-13-14-25-28(20)22)27-23(29)17-9-11-18(12-10-17)24(2,3)4/h5-15H,1-4H3,(H,26,27,29). The quantitative estimate of drug-likeness (QED) is 0.524. The molecular weight excluding hydrogens is 360 g/mol. The van der Waals surface area contributed by atoms with Gasteiger partial charge in [0, 0.05) is 23.3 Å². The third-order valence-corrected chi connectivity index (χ3v) is 5.04. The predicted molar refractivity (Wildman–Crippen MR) is 116 cm³/mol. The van der Waals surface area contributed by atoms with Crippen LogP contribution in [-0.4, -0.2) is 20.5 Å². The van der Waals surface area contributed by atoms with Gasteiger partial charge in [0.05, 0.1) is 11.9 Å². The van der Waals surface area contributed by atoms with E-state index in [-0.39, 0.29) is 11.3 Å². The molecule has 29 heavy (non-hydrogen) atoms. The van der Waals surface area contributed by atoms with Gasteiger partial charge in [-0.3, -0.25) is 4.79 Å². The third-order valence-electron chi connectivity index (χ3n) is 5.04. The summed E-state index contributed by atoms with van der Waals surface area (Å²) in [5.74, 6) is 0.318. The molecule has 1 amide bonds. The Morgan fingerprint density at radius 3 is 2.41 bits per heavy atom. The predicted octanol–water partition coefficient (Wildman–Crippen LogP) is 5.25. The number of amides is 1. The van der Waals surface area contributed by atoms with Crippen LogP contribution in [0.5, 0.6) is 0 Å². The van der Waals surface area contributed by atoms with Crippen molar-refractivity contribution in [3.63, 3.8) is 0 Å². The fourth-order valence-electron chi connectivity index (χ4n) is 3.34. The molecule has 1 N–H and O–H groups in total. The van der Waals surface area contributed by atoms with E-state index >= 15 is 0 Å². The van der Waals surface area contributed by atoms with Gasteiger partial charge >= 0.3 is 0 Å². The maximum absolute atomic E-state index is 12.8. The van der Waals surface area contributed by atoms with Crippen molar-refractivity contribution >= 4 is 17.4 Å². The molecule has 2 aromatic heterocycles. The number of rotatable bonds is 3. The van der Waals surface area contributed by atoms with E-state index in [9.17, 15) is 4.79 Å². The number of fused-ring (bicyclic) bond motifs is 1. The van der Waals surface area contributed by atoms with Crippen LogP contribution in [0, 0.1) is 6.92 Å². The summed E-state index contributed by atoms with van der Waals surface area (Å²) in [6.45, 7) is 8.51. The summed E-state index contributed by atoms with van der Waals surface area (Å²) in [6.07, 6.45) is 1.71. The van der Waals surface area contributed by atoms with Gasteiger partial charge in [-0.2, -0.15) is 5.10 Å². The molecule has 2 heterocycles. The van der Waals surface area contributed by atoms with Crippen LogP contribution in [-0.2, 0) is 5.41 Å². The number of benzene rings is 2. The molecule has 4 aromatic rings. The average Bonchev–Trinajstić information content (AvgIpc) is 3.16. The Labute approximate surface area is 170 Å². The molecule has 5 heteroatoms. The summed E-state index contributed by atoms with van der Waals surface area (Å²) in [5, 5.41) is 7.33. The Kier molecular flexibility index (Phi) is 4.66. The van der Waals surface area contributed by atoms with E-state index in [2.05, 4.69) is 49.2 Å². The molecule has 0 aliphatic carbocycles. The largest absolute Gasteiger partial charge is 0.306 e. The van der Waals surface area contributed by atoms with E-state index in [1.54, 1.807) is 10.7 Å². The summed E-state index contributed by atoms with van der Waals surface area (Å²) in [5.41, 5.74) is 5.59. The van der Waals surface area contributed by atoms with E-state index in [0.717, 1.165) is 16.8 Å². The van der Waals surface area contributed by atoms with Gasteiger partial charge in [0.1, 0.15) is 5.82 Å². The van der Waals surface area contributed by atoms with E-state index < -0.39 is 0 Å². The first-order valence-corrected chi connectivity index (χ1v) is 9.65. The second-order valence-electron chi connectivity index (χ2n) is 8.22. The van der Waals surface area contributed by atoms with Crippen LogP contribution in [0.25, 0.3) is 16.9 Å². The van der Waals surface area contributed by atoms with E-state index in [0.29, 0.717) is 17.0 Å². The molecule has 0 aliphatic heterocycles. The fraction of sp³-hybridized carbons (Fsp3) is 0.208. The minimum absolute atomic E-state index is 0.0477. The first kappa shape index (κ1) is 18.9. The summed E-state index contributed by atoms with van der Waals surface area (Å²) >= 11 is 0. The number of nitrogens with one attached hydrogen (secondary N) is 1. The smallest absolute Gasteiger partial charge is 0.256 e. The maximum Gasteiger partial charge on any atom is 0.256 e. The molecule has 0 saturated carbocycles. The normalized spacial score (nSPS) is 11.6. The molecular formula is C24H24N4O. The van der Waals surface area contributed by atoms with Gasteiger partial charge in [-0.25, -0.2) is 9.50 Å². The fourth-order valence-corrected chi connectivity index (χ4v) is 3.34. The van der Waals surface area contributed by atoms with Crippen molar-refractivity contribution in [1.82, 2.24) is 14.6 Å². The highest BCUT2D eigenvalue weighted by molar-refractivity contribution is 6.04. The minimum Gasteiger partial charge on any atom is -0.306 e. The van der Waals surface area contributed by atoms with Crippen molar-refractivity contribution in [2.75, 3.05) is 5.32 Å². The molecule has 4 rings (SSSR count). The van der Waals surface area contributed by atoms with Crippen LogP contribution < -0.4 is 5.32 Å². The lowest BCUT2D eigenvalue weighted by Gasteiger charge is -2.19. The molecule has 0 radical (unpaired) electrons. The Morgan fingerprint density at radius 1 is 1.00 bits per heavy atom. The number of aromatic nitrogens is 3. The first-order valence-electron chi connectivity index (χ1n) is 9.65. The van der Waals surface area contributed by atoms with Gasteiger partial charge in [-0.1, -0.05) is 57.2 Å². The van der Waals surface area contributed by atoms with Gasteiger partial charge in [0.25, 0.3) is 5.91 Å². The highest BCUT2D eigenvalue weighted by Gasteiger charge is 2.16. The molecule has 0 atom stereocenters. The number of hydrogen-bond acceptors (Lipinski definition) is 3. The molecule has 0 spiro atoms. The monoisotopic (exact) mass is 384 g/mol. The van der Waals surface area contributed by atoms with E-state index in [1.165, 1.54) is 5.56 Å². The van der Waals surface area contributed by atoms with Crippen LogP contribution in [0.4, 0.5) is 5.82 Å². The van der Waals surface area contributed by atoms with Gasteiger partial charge in [0.15, 0.2) is 5.65 Å². The lowest BCUT2D eigenvalue weighted by Crippen LogP contribution is -2.15. The van der Waals surface area contributed by atoms with Crippen molar-refractivity contribution < 1.29 is 4.79 Å². The van der Waals surface area contributed by atoms with Crippen LogP contribution in [0.15, 0.2) is 66.9 Å². The second-order valence-corrected chi connectivity index (χ2v) is 8.22. The number of aryl methyl sites for hydroxylation is 1. The van der Waals surface area contributed by atoms with Gasteiger partial charge in [-0.05, 0) is 35.6 Å². The molecule has 146 valence electrons. The van der Waals surface area contributed by atoms with Crippen LogP contribution in [0.1, 0.15) is 42.3 Å². The highest BCUT2D eigenvalue weighted by atomic mass is 16.1. The molecule has 0 fully saturated rings. The zero-order chi connectivity index (χ0) is 20.6. The zero-order valence-corrected chi connectivity index (χ0v) is 17.1. The third kappa shape index (κ3) is 3.76. The molecule has 0 saturated heterocycles. The molecule has 2 aromatic carbocycles. The Hall–Kier alpha value is -3.47. The van der Waals surface area contributed by atoms with Crippen molar-refractivity contribution in [2.45, 2.75) is 33.1 Å². The maximum atomic E-state index is 12.8. The van der Waals surface area contributed by atoms with Crippen LogP contribution in [0.2, 0.25) is 0 Å². The molecule has 0 unspecified atom stereocenters. The van der Waals surface area contributed by atoms with Crippen molar-refractivity contribution in [3.05, 3.63) is 83.6 Å². The lowest BCUT2D eigenvalue weighted by atomic mass is 9.87.